The quantitative estimate of drug-likeness (QED) is 0.263. The highest BCUT2D eigenvalue weighted by molar-refractivity contribution is 6.02. The predicted octanol–water partition coefficient (Wildman–Crippen LogP) is 4.18. The molecule has 0 amide bonds. The first-order chi connectivity index (χ1) is 10.7. The van der Waals surface area contributed by atoms with Gasteiger partial charge in [0.25, 0.3) is 0 Å². The third-order valence-corrected chi connectivity index (χ3v) is 4.03. The molecule has 0 saturated heterocycles. The van der Waals surface area contributed by atoms with Gasteiger partial charge in [-0.3, -0.25) is 9.59 Å². The van der Waals surface area contributed by atoms with Crippen LogP contribution in [-0.2, 0) is 19.1 Å². The zero-order chi connectivity index (χ0) is 16.3. The number of rotatable bonds is 10. The number of carbonyl (C=O) groups excluding carboxylic acids is 2. The van der Waals surface area contributed by atoms with E-state index >= 15 is 0 Å². The van der Waals surface area contributed by atoms with Crippen molar-refractivity contribution in [3.63, 3.8) is 0 Å². The normalized spacial score (nSPS) is 16.3. The fraction of sp³-hybridized carbons (Fsp3) is 0.778. The summed E-state index contributed by atoms with van der Waals surface area (Å²) in [6.07, 6.45) is 11.7. The Bertz CT molecular complexity index is 349. The molecule has 4 nitrogen and oxygen atoms in total. The number of unbranched alkanes of at least 4 members (excludes halogenated alkanes) is 4. The Labute approximate surface area is 134 Å². The molecule has 1 rings (SSSR count). The zero-order valence-corrected chi connectivity index (χ0v) is 14.1. The van der Waals surface area contributed by atoms with Gasteiger partial charge >= 0.3 is 11.9 Å². The first-order valence-electron chi connectivity index (χ1n) is 8.69. The maximum Gasteiger partial charge on any atom is 0.327 e. The Kier molecular flexibility index (Phi) is 8.86. The van der Waals surface area contributed by atoms with Crippen LogP contribution in [0, 0.1) is 5.41 Å². The molecule has 0 aromatic rings. The molecule has 0 atom stereocenters. The Balaban J connectivity index is 2.60. The maximum absolute atomic E-state index is 12.4. The van der Waals surface area contributed by atoms with Crippen LogP contribution in [0.1, 0.15) is 71.6 Å². The van der Waals surface area contributed by atoms with E-state index in [-0.39, 0.29) is 0 Å². The molecule has 0 N–H and O–H groups in total. The molecule has 4 heteroatoms. The van der Waals surface area contributed by atoms with Gasteiger partial charge in [-0.1, -0.05) is 51.7 Å². The van der Waals surface area contributed by atoms with Crippen LogP contribution in [0.5, 0.6) is 0 Å². The minimum absolute atomic E-state index is 0.380. The van der Waals surface area contributed by atoms with Gasteiger partial charge in [0.05, 0.1) is 13.2 Å². The molecule has 22 heavy (non-hydrogen) atoms. The van der Waals surface area contributed by atoms with Crippen molar-refractivity contribution in [2.75, 3.05) is 13.2 Å². The van der Waals surface area contributed by atoms with E-state index in [4.69, 9.17) is 9.47 Å². The molecule has 0 heterocycles. The van der Waals surface area contributed by atoms with Gasteiger partial charge in [0.1, 0.15) is 0 Å². The van der Waals surface area contributed by atoms with E-state index in [9.17, 15) is 9.59 Å². The molecule has 0 aromatic carbocycles. The lowest BCUT2D eigenvalue weighted by molar-refractivity contribution is -0.169. The van der Waals surface area contributed by atoms with E-state index in [1.165, 1.54) is 0 Å². The van der Waals surface area contributed by atoms with E-state index in [0.29, 0.717) is 19.6 Å². The molecular formula is C18H30O4. The molecule has 1 aliphatic rings. The fourth-order valence-corrected chi connectivity index (χ4v) is 2.58. The molecule has 0 radical (unpaired) electrons. The van der Waals surface area contributed by atoms with E-state index in [1.807, 2.05) is 6.08 Å². The first kappa shape index (κ1) is 18.7. The van der Waals surface area contributed by atoms with E-state index in [2.05, 4.69) is 13.8 Å². The minimum atomic E-state index is -1.21. The van der Waals surface area contributed by atoms with Gasteiger partial charge < -0.3 is 9.47 Å². The minimum Gasteiger partial charge on any atom is -0.465 e. The summed E-state index contributed by atoms with van der Waals surface area (Å²) in [7, 11) is 0. The molecule has 0 aliphatic heterocycles. The van der Waals surface area contributed by atoms with Gasteiger partial charge in [0, 0.05) is 0 Å². The zero-order valence-electron chi connectivity index (χ0n) is 14.1. The fourth-order valence-electron chi connectivity index (χ4n) is 2.58. The second kappa shape index (κ2) is 10.4. The Hall–Kier alpha value is -1.32. The van der Waals surface area contributed by atoms with Crippen LogP contribution in [0.4, 0.5) is 0 Å². The largest absolute Gasteiger partial charge is 0.465 e. The average molecular weight is 310 g/mol. The van der Waals surface area contributed by atoms with Crippen LogP contribution in [0.3, 0.4) is 0 Å². The number of hydrogen-bond acceptors (Lipinski definition) is 4. The highest BCUT2D eigenvalue weighted by atomic mass is 16.6. The van der Waals surface area contributed by atoms with Crippen molar-refractivity contribution >= 4 is 11.9 Å². The van der Waals surface area contributed by atoms with Gasteiger partial charge in [0.15, 0.2) is 5.41 Å². The van der Waals surface area contributed by atoms with Crippen molar-refractivity contribution in [2.24, 2.45) is 5.41 Å². The van der Waals surface area contributed by atoms with Crippen molar-refractivity contribution in [1.29, 1.82) is 0 Å². The smallest absolute Gasteiger partial charge is 0.327 e. The number of hydrogen-bond donors (Lipinski definition) is 0. The van der Waals surface area contributed by atoms with Crippen LogP contribution in [-0.4, -0.2) is 25.2 Å². The van der Waals surface area contributed by atoms with Crippen molar-refractivity contribution < 1.29 is 19.1 Å². The van der Waals surface area contributed by atoms with E-state index in [1.54, 1.807) is 6.08 Å². The summed E-state index contributed by atoms with van der Waals surface area (Å²) < 4.78 is 10.7. The molecule has 0 spiro atoms. The topological polar surface area (TPSA) is 52.6 Å². The summed E-state index contributed by atoms with van der Waals surface area (Å²) in [5.74, 6) is -0.889. The van der Waals surface area contributed by atoms with E-state index in [0.717, 1.165) is 51.4 Å². The molecule has 126 valence electrons. The molecule has 0 unspecified atom stereocenters. The van der Waals surface area contributed by atoms with Gasteiger partial charge in [-0.15, -0.1) is 0 Å². The Morgan fingerprint density at radius 2 is 1.50 bits per heavy atom. The van der Waals surface area contributed by atoms with Crippen LogP contribution in [0.25, 0.3) is 0 Å². The third-order valence-electron chi connectivity index (χ3n) is 4.03. The standard InChI is InChI=1S/C18H30O4/c1-3-5-10-14-21-16(19)18(12-8-7-9-13-18)17(20)22-15-11-6-4-2/h8,12H,3-7,9-11,13-15H2,1-2H3. The number of carbonyl (C=O) groups is 2. The van der Waals surface area contributed by atoms with Gasteiger partial charge in [-0.05, 0) is 32.1 Å². The van der Waals surface area contributed by atoms with Crippen molar-refractivity contribution in [3.8, 4) is 0 Å². The highest BCUT2D eigenvalue weighted by Gasteiger charge is 2.47. The monoisotopic (exact) mass is 310 g/mol. The van der Waals surface area contributed by atoms with Crippen molar-refractivity contribution in [1.82, 2.24) is 0 Å². The van der Waals surface area contributed by atoms with Crippen LogP contribution < -0.4 is 0 Å². The summed E-state index contributed by atoms with van der Waals surface area (Å²) in [6, 6.07) is 0. The lowest BCUT2D eigenvalue weighted by Gasteiger charge is -2.28. The number of esters is 2. The van der Waals surface area contributed by atoms with Crippen molar-refractivity contribution in [3.05, 3.63) is 12.2 Å². The lowest BCUT2D eigenvalue weighted by atomic mass is 9.79. The highest BCUT2D eigenvalue weighted by Crippen LogP contribution is 2.34. The summed E-state index contributed by atoms with van der Waals surface area (Å²) in [5.41, 5.74) is -1.21. The third kappa shape index (κ3) is 5.47. The molecule has 0 bridgehead atoms. The first-order valence-corrected chi connectivity index (χ1v) is 8.69. The molecule has 1 aliphatic carbocycles. The molecule has 0 fully saturated rings. The van der Waals surface area contributed by atoms with Crippen LogP contribution in [0.2, 0.25) is 0 Å². The number of ether oxygens (including phenoxy) is 2. The molecular weight excluding hydrogens is 280 g/mol. The second-order valence-corrected chi connectivity index (χ2v) is 5.95. The summed E-state index contributed by atoms with van der Waals surface area (Å²) in [6.45, 7) is 4.96. The lowest BCUT2D eigenvalue weighted by Crippen LogP contribution is -2.41. The predicted molar refractivity (Wildman–Crippen MR) is 86.4 cm³/mol. The van der Waals surface area contributed by atoms with Crippen LogP contribution >= 0.6 is 0 Å². The summed E-state index contributed by atoms with van der Waals surface area (Å²) in [4.78, 5) is 24.9. The van der Waals surface area contributed by atoms with Gasteiger partial charge in [-0.2, -0.15) is 0 Å². The molecule has 0 aromatic heterocycles. The average Bonchev–Trinajstić information content (AvgIpc) is 2.55. The maximum atomic E-state index is 12.4. The Morgan fingerprint density at radius 1 is 0.955 bits per heavy atom. The molecule has 0 saturated carbocycles. The summed E-state index contributed by atoms with van der Waals surface area (Å²) in [5, 5.41) is 0. The van der Waals surface area contributed by atoms with Crippen LogP contribution in [0.15, 0.2) is 12.2 Å². The van der Waals surface area contributed by atoms with Gasteiger partial charge in [0.2, 0.25) is 0 Å². The van der Waals surface area contributed by atoms with Crippen molar-refractivity contribution in [2.45, 2.75) is 71.6 Å². The van der Waals surface area contributed by atoms with Gasteiger partial charge in [-0.25, -0.2) is 0 Å². The Morgan fingerprint density at radius 3 is 1.91 bits per heavy atom. The second-order valence-electron chi connectivity index (χ2n) is 5.95. The van der Waals surface area contributed by atoms with E-state index < -0.39 is 17.4 Å². The SMILES string of the molecule is CCCCCOC(=O)C1(C(=O)OCCCCC)C=CCCC1. The number of allylic oxidation sites excluding steroid dienone is 1. The summed E-state index contributed by atoms with van der Waals surface area (Å²) >= 11 is 0.